The number of hydrogen-bond donors (Lipinski definition) is 0. The van der Waals surface area contributed by atoms with Gasteiger partial charge in [-0.05, 0) is 30.2 Å². The van der Waals surface area contributed by atoms with Crippen LogP contribution in [0.2, 0.25) is 0 Å². The smallest absolute Gasteiger partial charge is 0.336 e. The molecule has 0 spiro atoms. The van der Waals surface area contributed by atoms with Crippen molar-refractivity contribution in [3.05, 3.63) is 70.3 Å². The Balaban J connectivity index is 2.14. The molecule has 0 unspecified atom stereocenters. The molecular weight excluding hydrogens is 300 g/mol. The number of furan rings is 1. The molecule has 4 rings (SSSR count). The van der Waals surface area contributed by atoms with Gasteiger partial charge in [-0.15, -0.1) is 0 Å². The Bertz CT molecular complexity index is 1110. The van der Waals surface area contributed by atoms with Crippen molar-refractivity contribution < 1.29 is 8.83 Å². The normalized spacial score (nSPS) is 11.7. The van der Waals surface area contributed by atoms with Crippen LogP contribution in [0.25, 0.3) is 33.1 Å². The zero-order valence-electron chi connectivity index (χ0n) is 13.9. The molecule has 2 aromatic carbocycles. The van der Waals surface area contributed by atoms with E-state index in [1.165, 1.54) is 17.2 Å². The molecule has 0 aliphatic heterocycles. The molecule has 2 heterocycles. The average molecular weight is 318 g/mol. The Morgan fingerprint density at radius 2 is 1.71 bits per heavy atom. The first-order valence-corrected chi connectivity index (χ1v) is 8.11. The van der Waals surface area contributed by atoms with Crippen LogP contribution in [0.3, 0.4) is 0 Å². The van der Waals surface area contributed by atoms with E-state index in [1.807, 2.05) is 24.3 Å². The minimum Gasteiger partial charge on any atom is -0.460 e. The van der Waals surface area contributed by atoms with Crippen molar-refractivity contribution in [3.63, 3.8) is 0 Å². The van der Waals surface area contributed by atoms with Gasteiger partial charge in [-0.25, -0.2) is 4.79 Å². The highest BCUT2D eigenvalue weighted by atomic mass is 16.4. The molecule has 3 nitrogen and oxygen atoms in total. The lowest BCUT2D eigenvalue weighted by molar-refractivity contribution is 0.521. The molecular formula is C21H18O3. The molecule has 0 aliphatic rings. The third kappa shape index (κ3) is 2.24. The van der Waals surface area contributed by atoms with Gasteiger partial charge in [0.05, 0.1) is 0 Å². The second-order valence-corrected chi connectivity index (χ2v) is 6.45. The zero-order valence-corrected chi connectivity index (χ0v) is 13.9. The first-order valence-electron chi connectivity index (χ1n) is 8.11. The Hall–Kier alpha value is -2.81. The lowest BCUT2D eigenvalue weighted by Gasteiger charge is -2.09. The third-order valence-electron chi connectivity index (χ3n) is 4.40. The van der Waals surface area contributed by atoms with Crippen LogP contribution in [0, 0.1) is 6.92 Å². The topological polar surface area (TPSA) is 43.4 Å². The van der Waals surface area contributed by atoms with E-state index in [0.29, 0.717) is 5.58 Å². The van der Waals surface area contributed by atoms with E-state index in [-0.39, 0.29) is 11.5 Å². The molecule has 0 bridgehead atoms. The van der Waals surface area contributed by atoms with E-state index in [4.69, 9.17) is 8.83 Å². The Morgan fingerprint density at radius 1 is 0.917 bits per heavy atom. The fourth-order valence-corrected chi connectivity index (χ4v) is 3.22. The zero-order chi connectivity index (χ0) is 16.8. The number of fused-ring (bicyclic) bond motifs is 2. The number of rotatable bonds is 2. The van der Waals surface area contributed by atoms with Crippen LogP contribution >= 0.6 is 0 Å². The van der Waals surface area contributed by atoms with E-state index in [9.17, 15) is 4.79 Å². The molecule has 0 fully saturated rings. The number of benzene rings is 2. The van der Waals surface area contributed by atoms with Crippen molar-refractivity contribution in [2.75, 3.05) is 0 Å². The van der Waals surface area contributed by atoms with Crippen LogP contribution < -0.4 is 5.63 Å². The van der Waals surface area contributed by atoms with Gasteiger partial charge in [-0.1, -0.05) is 38.1 Å². The summed E-state index contributed by atoms with van der Waals surface area (Å²) in [6, 6.07) is 15.4. The maximum absolute atomic E-state index is 11.5. The average Bonchev–Trinajstić information content (AvgIpc) is 2.91. The van der Waals surface area contributed by atoms with Crippen molar-refractivity contribution in [2.24, 2.45) is 0 Å². The first-order chi connectivity index (χ1) is 11.5. The highest BCUT2D eigenvalue weighted by molar-refractivity contribution is 6.03. The highest BCUT2D eigenvalue weighted by Gasteiger charge is 2.20. The van der Waals surface area contributed by atoms with Gasteiger partial charge in [0.1, 0.15) is 16.9 Å². The molecule has 0 saturated heterocycles. The minimum absolute atomic E-state index is 0.252. The molecule has 0 saturated carbocycles. The van der Waals surface area contributed by atoms with Gasteiger partial charge < -0.3 is 8.83 Å². The van der Waals surface area contributed by atoms with Crippen LogP contribution in [0.5, 0.6) is 0 Å². The summed E-state index contributed by atoms with van der Waals surface area (Å²) in [5.74, 6) is 1.21. The summed E-state index contributed by atoms with van der Waals surface area (Å²) in [5, 5.41) is 1.95. The van der Waals surface area contributed by atoms with Crippen molar-refractivity contribution in [2.45, 2.75) is 26.7 Å². The molecule has 4 aromatic rings. The molecule has 0 atom stereocenters. The summed E-state index contributed by atoms with van der Waals surface area (Å²) in [7, 11) is 0. The van der Waals surface area contributed by atoms with Crippen molar-refractivity contribution >= 4 is 21.9 Å². The van der Waals surface area contributed by atoms with Gasteiger partial charge in [0.2, 0.25) is 0 Å². The summed E-state index contributed by atoms with van der Waals surface area (Å²) in [5.41, 5.74) is 4.47. The van der Waals surface area contributed by atoms with Gasteiger partial charge in [-0.3, -0.25) is 0 Å². The van der Waals surface area contributed by atoms with Crippen LogP contribution in [0.15, 0.2) is 62.2 Å². The molecule has 2 aromatic heterocycles. The van der Waals surface area contributed by atoms with Crippen LogP contribution in [-0.4, -0.2) is 0 Å². The Morgan fingerprint density at radius 3 is 2.46 bits per heavy atom. The Kier molecular flexibility index (Phi) is 3.31. The van der Waals surface area contributed by atoms with Crippen LogP contribution in [0.1, 0.15) is 31.1 Å². The van der Waals surface area contributed by atoms with Crippen molar-refractivity contribution in [1.82, 2.24) is 0 Å². The number of hydrogen-bond acceptors (Lipinski definition) is 3. The minimum atomic E-state index is -0.350. The van der Waals surface area contributed by atoms with Crippen molar-refractivity contribution in [1.29, 1.82) is 0 Å². The molecule has 3 heteroatoms. The molecule has 120 valence electrons. The SMILES string of the molecule is Cc1ccccc1-c1c(C(C)C)oc2cc3oc(=O)ccc3cc12. The predicted octanol–water partition coefficient (Wildman–Crippen LogP) is 5.64. The van der Waals surface area contributed by atoms with Gasteiger partial charge >= 0.3 is 5.63 Å². The van der Waals surface area contributed by atoms with Crippen LogP contribution in [0.4, 0.5) is 0 Å². The molecule has 0 N–H and O–H groups in total. The summed E-state index contributed by atoms with van der Waals surface area (Å²) >= 11 is 0. The summed E-state index contributed by atoms with van der Waals surface area (Å²) in [4.78, 5) is 11.5. The highest BCUT2D eigenvalue weighted by Crippen LogP contribution is 2.41. The summed E-state index contributed by atoms with van der Waals surface area (Å²) < 4.78 is 11.4. The predicted molar refractivity (Wildman–Crippen MR) is 96.5 cm³/mol. The van der Waals surface area contributed by atoms with Gasteiger partial charge in [0.15, 0.2) is 0 Å². The lowest BCUT2D eigenvalue weighted by Crippen LogP contribution is -1.94. The largest absolute Gasteiger partial charge is 0.460 e. The lowest BCUT2D eigenvalue weighted by atomic mass is 9.94. The number of aryl methyl sites for hydroxylation is 1. The molecule has 0 radical (unpaired) electrons. The van der Waals surface area contributed by atoms with E-state index in [1.54, 1.807) is 6.07 Å². The first kappa shape index (κ1) is 14.8. The van der Waals surface area contributed by atoms with Crippen molar-refractivity contribution in [3.8, 4) is 11.1 Å². The second kappa shape index (κ2) is 5.38. The monoisotopic (exact) mass is 318 g/mol. The summed E-state index contributed by atoms with van der Waals surface area (Å²) in [6.07, 6.45) is 0. The van der Waals surface area contributed by atoms with Crippen LogP contribution in [-0.2, 0) is 0 Å². The summed E-state index contributed by atoms with van der Waals surface area (Å²) in [6.45, 7) is 6.36. The fraction of sp³-hybridized carbons (Fsp3) is 0.190. The second-order valence-electron chi connectivity index (χ2n) is 6.45. The van der Waals surface area contributed by atoms with Gasteiger partial charge in [0.25, 0.3) is 0 Å². The Labute approximate surface area is 139 Å². The quantitative estimate of drug-likeness (QED) is 0.449. The maximum atomic E-state index is 11.5. The third-order valence-corrected chi connectivity index (χ3v) is 4.40. The van der Waals surface area contributed by atoms with Gasteiger partial charge in [0, 0.05) is 34.4 Å². The molecule has 0 aliphatic carbocycles. The maximum Gasteiger partial charge on any atom is 0.336 e. The van der Waals surface area contributed by atoms with E-state index >= 15 is 0 Å². The van der Waals surface area contributed by atoms with E-state index in [0.717, 1.165) is 27.7 Å². The van der Waals surface area contributed by atoms with E-state index < -0.39 is 0 Å². The fourth-order valence-electron chi connectivity index (χ4n) is 3.22. The van der Waals surface area contributed by atoms with Gasteiger partial charge in [-0.2, -0.15) is 0 Å². The standard InChI is InChI=1S/C21H18O3/c1-12(2)21-20(15-7-5-4-6-13(15)3)16-10-14-8-9-19(22)23-17(14)11-18(16)24-21/h4-12H,1-3H3. The molecule has 24 heavy (non-hydrogen) atoms. The molecule has 0 amide bonds. The van der Waals surface area contributed by atoms with E-state index in [2.05, 4.69) is 32.9 Å².